The number of para-hydroxylation sites is 1. The summed E-state index contributed by atoms with van der Waals surface area (Å²) < 4.78 is 1.07. The van der Waals surface area contributed by atoms with Gasteiger partial charge in [-0.3, -0.25) is 0 Å². The van der Waals surface area contributed by atoms with E-state index in [1.54, 1.807) is 0 Å². The Morgan fingerprint density at radius 3 is 2.61 bits per heavy atom. The molecule has 3 nitrogen and oxygen atoms in total. The third kappa shape index (κ3) is 3.37. The van der Waals surface area contributed by atoms with Gasteiger partial charge in [-0.25, -0.2) is 4.79 Å². The molecule has 1 aromatic rings. The van der Waals surface area contributed by atoms with E-state index in [0.29, 0.717) is 6.04 Å². The highest BCUT2D eigenvalue weighted by molar-refractivity contribution is 14.1. The lowest BCUT2D eigenvalue weighted by Crippen LogP contribution is -2.41. The van der Waals surface area contributed by atoms with Gasteiger partial charge in [-0.15, -0.1) is 0 Å². The zero-order chi connectivity index (χ0) is 13.0. The molecule has 2 rings (SSSR count). The molecule has 0 spiro atoms. The number of hydrogen-bond donors (Lipinski definition) is 1. The van der Waals surface area contributed by atoms with Crippen LogP contribution in [0.1, 0.15) is 32.1 Å². The quantitative estimate of drug-likeness (QED) is 0.794. The third-order valence-electron chi connectivity index (χ3n) is 3.56. The highest BCUT2D eigenvalue weighted by Crippen LogP contribution is 2.23. The standard InChI is InChI=1S/C14H19IN2O/c1-17(11-7-3-2-4-8-11)14(18)16-13-10-6-5-9-12(13)15/h5-6,9-11H,2-4,7-8H2,1H3,(H,16,18). The number of benzene rings is 1. The lowest BCUT2D eigenvalue weighted by molar-refractivity contribution is 0.186. The number of anilines is 1. The molecule has 0 saturated heterocycles. The van der Waals surface area contributed by atoms with Crippen molar-refractivity contribution >= 4 is 34.3 Å². The fraction of sp³-hybridized carbons (Fsp3) is 0.500. The molecule has 18 heavy (non-hydrogen) atoms. The van der Waals surface area contributed by atoms with Crippen LogP contribution in [0, 0.1) is 3.57 Å². The number of halogens is 1. The van der Waals surface area contributed by atoms with Gasteiger partial charge in [-0.2, -0.15) is 0 Å². The monoisotopic (exact) mass is 358 g/mol. The second-order valence-corrected chi connectivity index (χ2v) is 5.97. The highest BCUT2D eigenvalue weighted by atomic mass is 127. The number of carbonyl (C=O) groups is 1. The molecular weight excluding hydrogens is 339 g/mol. The molecule has 0 aromatic heterocycles. The van der Waals surface area contributed by atoms with Crippen LogP contribution in [0.25, 0.3) is 0 Å². The van der Waals surface area contributed by atoms with Crippen LogP contribution in [0.5, 0.6) is 0 Å². The van der Waals surface area contributed by atoms with Gasteiger partial charge in [0.2, 0.25) is 0 Å². The number of amides is 2. The lowest BCUT2D eigenvalue weighted by Gasteiger charge is -2.31. The summed E-state index contributed by atoms with van der Waals surface area (Å²) in [6, 6.07) is 8.26. The fourth-order valence-electron chi connectivity index (χ4n) is 2.40. The first-order valence-corrected chi connectivity index (χ1v) is 7.54. The molecule has 0 radical (unpaired) electrons. The number of rotatable bonds is 2. The van der Waals surface area contributed by atoms with E-state index < -0.39 is 0 Å². The summed E-state index contributed by atoms with van der Waals surface area (Å²) in [4.78, 5) is 14.0. The van der Waals surface area contributed by atoms with Gasteiger partial charge in [0.1, 0.15) is 0 Å². The first-order chi connectivity index (χ1) is 8.68. The normalized spacial score (nSPS) is 16.3. The van der Waals surface area contributed by atoms with E-state index in [1.807, 2.05) is 36.2 Å². The molecule has 0 aliphatic heterocycles. The van der Waals surface area contributed by atoms with E-state index in [2.05, 4.69) is 27.9 Å². The Bertz CT molecular complexity index is 416. The first-order valence-electron chi connectivity index (χ1n) is 6.47. The summed E-state index contributed by atoms with van der Waals surface area (Å²) in [5, 5.41) is 2.99. The highest BCUT2D eigenvalue weighted by Gasteiger charge is 2.22. The molecule has 1 aliphatic rings. The van der Waals surface area contributed by atoms with Crippen LogP contribution < -0.4 is 5.32 Å². The van der Waals surface area contributed by atoms with Crippen molar-refractivity contribution in [3.05, 3.63) is 27.8 Å². The predicted molar refractivity (Wildman–Crippen MR) is 82.8 cm³/mol. The van der Waals surface area contributed by atoms with E-state index >= 15 is 0 Å². The van der Waals surface area contributed by atoms with Gasteiger partial charge >= 0.3 is 6.03 Å². The Morgan fingerprint density at radius 2 is 1.94 bits per heavy atom. The van der Waals surface area contributed by atoms with Crippen LogP contribution in [-0.4, -0.2) is 24.0 Å². The van der Waals surface area contributed by atoms with Gasteiger partial charge in [0.25, 0.3) is 0 Å². The van der Waals surface area contributed by atoms with Gasteiger partial charge in [0.15, 0.2) is 0 Å². The van der Waals surface area contributed by atoms with Crippen molar-refractivity contribution in [2.75, 3.05) is 12.4 Å². The van der Waals surface area contributed by atoms with Crippen molar-refractivity contribution in [3.8, 4) is 0 Å². The summed E-state index contributed by atoms with van der Waals surface area (Å²) in [6.45, 7) is 0. The molecular formula is C14H19IN2O. The van der Waals surface area contributed by atoms with Crippen molar-refractivity contribution in [1.82, 2.24) is 4.90 Å². The number of nitrogens with zero attached hydrogens (tertiary/aromatic N) is 1. The molecule has 1 aromatic carbocycles. The average Bonchev–Trinajstić information content (AvgIpc) is 2.41. The second-order valence-electron chi connectivity index (χ2n) is 4.81. The van der Waals surface area contributed by atoms with Gasteiger partial charge in [0, 0.05) is 16.7 Å². The van der Waals surface area contributed by atoms with Crippen molar-refractivity contribution in [2.45, 2.75) is 38.1 Å². The van der Waals surface area contributed by atoms with Crippen molar-refractivity contribution in [2.24, 2.45) is 0 Å². The summed E-state index contributed by atoms with van der Waals surface area (Å²) >= 11 is 2.24. The van der Waals surface area contributed by atoms with Gasteiger partial charge in [0.05, 0.1) is 5.69 Å². The van der Waals surface area contributed by atoms with Crippen molar-refractivity contribution in [3.63, 3.8) is 0 Å². The van der Waals surface area contributed by atoms with Crippen LogP contribution in [0.3, 0.4) is 0 Å². The van der Waals surface area contributed by atoms with E-state index in [1.165, 1.54) is 19.3 Å². The van der Waals surface area contributed by atoms with E-state index in [-0.39, 0.29) is 6.03 Å². The summed E-state index contributed by atoms with van der Waals surface area (Å²) in [6.07, 6.45) is 6.06. The number of urea groups is 1. The van der Waals surface area contributed by atoms with Crippen molar-refractivity contribution in [1.29, 1.82) is 0 Å². The van der Waals surface area contributed by atoms with Crippen LogP contribution in [0.2, 0.25) is 0 Å². The molecule has 0 bridgehead atoms. The maximum absolute atomic E-state index is 12.2. The summed E-state index contributed by atoms with van der Waals surface area (Å²) in [5.74, 6) is 0. The maximum Gasteiger partial charge on any atom is 0.321 e. The molecule has 1 saturated carbocycles. The largest absolute Gasteiger partial charge is 0.325 e. The molecule has 0 heterocycles. The molecule has 98 valence electrons. The molecule has 4 heteroatoms. The molecule has 2 amide bonds. The number of nitrogens with one attached hydrogen (secondary N) is 1. The minimum atomic E-state index is 0.00557. The number of hydrogen-bond acceptors (Lipinski definition) is 1. The fourth-order valence-corrected chi connectivity index (χ4v) is 2.92. The SMILES string of the molecule is CN(C(=O)Nc1ccccc1I)C1CCCCC1. The van der Waals surface area contributed by atoms with E-state index in [0.717, 1.165) is 22.1 Å². The second kappa shape index (κ2) is 6.41. The topological polar surface area (TPSA) is 32.3 Å². The van der Waals surface area contributed by atoms with Crippen LogP contribution in [0.15, 0.2) is 24.3 Å². The third-order valence-corrected chi connectivity index (χ3v) is 4.50. The molecule has 0 unspecified atom stereocenters. The Kier molecular flexibility index (Phi) is 4.86. The van der Waals surface area contributed by atoms with Crippen LogP contribution >= 0.6 is 22.6 Å². The maximum atomic E-state index is 12.2. The lowest BCUT2D eigenvalue weighted by atomic mass is 9.95. The minimum absolute atomic E-state index is 0.00557. The van der Waals surface area contributed by atoms with Crippen LogP contribution in [-0.2, 0) is 0 Å². The van der Waals surface area contributed by atoms with Crippen molar-refractivity contribution < 1.29 is 4.79 Å². The Morgan fingerprint density at radius 1 is 1.28 bits per heavy atom. The molecule has 1 fully saturated rings. The first kappa shape index (κ1) is 13.6. The van der Waals surface area contributed by atoms with E-state index in [9.17, 15) is 4.79 Å². The zero-order valence-corrected chi connectivity index (χ0v) is 12.8. The smallest absolute Gasteiger partial charge is 0.321 e. The predicted octanol–water partition coefficient (Wildman–Crippen LogP) is 4.09. The molecule has 1 N–H and O–H groups in total. The summed E-state index contributed by atoms with van der Waals surface area (Å²) in [7, 11) is 1.90. The number of carbonyl (C=O) groups excluding carboxylic acids is 1. The molecule has 1 aliphatic carbocycles. The van der Waals surface area contributed by atoms with Gasteiger partial charge in [-0.1, -0.05) is 31.4 Å². The summed E-state index contributed by atoms with van der Waals surface area (Å²) in [5.41, 5.74) is 0.894. The Balaban J connectivity index is 1.97. The van der Waals surface area contributed by atoms with Crippen LogP contribution in [0.4, 0.5) is 10.5 Å². The molecule has 0 atom stereocenters. The van der Waals surface area contributed by atoms with E-state index in [4.69, 9.17) is 0 Å². The van der Waals surface area contributed by atoms with Gasteiger partial charge < -0.3 is 10.2 Å². The Labute approximate surface area is 122 Å². The van der Waals surface area contributed by atoms with Gasteiger partial charge in [-0.05, 0) is 47.6 Å². The zero-order valence-electron chi connectivity index (χ0n) is 10.7. The minimum Gasteiger partial charge on any atom is -0.325 e. The average molecular weight is 358 g/mol. The Hall–Kier alpha value is -0.780.